The molecule has 1 saturated heterocycles. The molecule has 1 heterocycles. The maximum atomic E-state index is 12.1. The molecule has 1 atom stereocenters. The number of carbonyl (C=O) groups is 2. The Bertz CT molecular complexity index is 452. The summed E-state index contributed by atoms with van der Waals surface area (Å²) in [4.78, 5) is 26.0. The second-order valence-electron chi connectivity index (χ2n) is 5.30. The maximum absolute atomic E-state index is 12.1. The number of nitrogens with zero attached hydrogens (tertiary/aromatic N) is 1. The lowest BCUT2D eigenvalue weighted by Gasteiger charge is -2.27. The molecule has 1 amide bonds. The van der Waals surface area contributed by atoms with E-state index in [1.165, 1.54) is 0 Å². The molecule has 4 heteroatoms. The minimum Gasteiger partial charge on any atom is -0.378 e. The molecule has 0 saturated carbocycles. The average molecular weight is 275 g/mol. The van der Waals surface area contributed by atoms with E-state index < -0.39 is 0 Å². The van der Waals surface area contributed by atoms with Crippen LogP contribution in [0.2, 0.25) is 0 Å². The van der Waals surface area contributed by atoms with Gasteiger partial charge in [-0.2, -0.15) is 0 Å². The van der Waals surface area contributed by atoms with Crippen molar-refractivity contribution in [2.75, 3.05) is 26.3 Å². The van der Waals surface area contributed by atoms with E-state index in [4.69, 9.17) is 4.74 Å². The first-order valence-electron chi connectivity index (χ1n) is 7.10. The van der Waals surface area contributed by atoms with Crippen LogP contribution in [0.25, 0.3) is 0 Å². The molecule has 0 radical (unpaired) electrons. The van der Waals surface area contributed by atoms with Crippen LogP contribution < -0.4 is 0 Å². The van der Waals surface area contributed by atoms with Gasteiger partial charge in [0.1, 0.15) is 0 Å². The van der Waals surface area contributed by atoms with Crippen LogP contribution in [0.4, 0.5) is 0 Å². The van der Waals surface area contributed by atoms with Crippen LogP contribution in [0.5, 0.6) is 0 Å². The molecule has 0 N–H and O–H groups in total. The van der Waals surface area contributed by atoms with Crippen molar-refractivity contribution < 1.29 is 14.3 Å². The van der Waals surface area contributed by atoms with Gasteiger partial charge >= 0.3 is 0 Å². The van der Waals surface area contributed by atoms with Gasteiger partial charge in [0.25, 0.3) is 0 Å². The number of Topliss-reactive ketones (excluding diaryl/α,β-unsaturated/α-hetero) is 1. The highest BCUT2D eigenvalue weighted by Gasteiger charge is 2.20. The maximum Gasteiger partial charge on any atom is 0.223 e. The normalized spacial score (nSPS) is 16.8. The van der Waals surface area contributed by atoms with Gasteiger partial charge in [0.15, 0.2) is 5.78 Å². The van der Waals surface area contributed by atoms with E-state index in [9.17, 15) is 9.59 Å². The number of benzene rings is 1. The number of morpholine rings is 1. The van der Waals surface area contributed by atoms with E-state index in [2.05, 4.69) is 0 Å². The molecule has 0 aliphatic carbocycles. The van der Waals surface area contributed by atoms with Crippen molar-refractivity contribution in [3.05, 3.63) is 35.9 Å². The summed E-state index contributed by atoms with van der Waals surface area (Å²) in [7, 11) is 0. The summed E-state index contributed by atoms with van der Waals surface area (Å²) in [5.41, 5.74) is 0.721. The molecule has 1 aliphatic heterocycles. The number of ether oxygens (including phenoxy) is 1. The van der Waals surface area contributed by atoms with E-state index >= 15 is 0 Å². The predicted molar refractivity (Wildman–Crippen MR) is 76.6 cm³/mol. The molecule has 20 heavy (non-hydrogen) atoms. The summed E-state index contributed by atoms with van der Waals surface area (Å²) < 4.78 is 5.23. The highest BCUT2D eigenvalue weighted by atomic mass is 16.5. The Hall–Kier alpha value is -1.68. The molecule has 2 rings (SSSR count). The molecule has 108 valence electrons. The third kappa shape index (κ3) is 4.17. The Balaban J connectivity index is 1.81. The van der Waals surface area contributed by atoms with Gasteiger partial charge in [0.2, 0.25) is 5.91 Å². The van der Waals surface area contributed by atoms with Crippen LogP contribution in [0, 0.1) is 5.92 Å². The highest BCUT2D eigenvalue weighted by Crippen LogP contribution is 2.15. The predicted octanol–water partition coefficient (Wildman–Crippen LogP) is 2.14. The average Bonchev–Trinajstić information content (AvgIpc) is 2.49. The lowest BCUT2D eigenvalue weighted by atomic mass is 9.96. The fourth-order valence-electron chi connectivity index (χ4n) is 2.37. The number of amides is 1. The zero-order valence-corrected chi connectivity index (χ0v) is 11.9. The number of rotatable bonds is 5. The first-order valence-corrected chi connectivity index (χ1v) is 7.10. The molecule has 0 spiro atoms. The lowest BCUT2D eigenvalue weighted by molar-refractivity contribution is -0.136. The van der Waals surface area contributed by atoms with Gasteiger partial charge in [0, 0.05) is 31.5 Å². The van der Waals surface area contributed by atoms with Crippen molar-refractivity contribution in [3.8, 4) is 0 Å². The summed E-state index contributed by atoms with van der Waals surface area (Å²) >= 11 is 0. The largest absolute Gasteiger partial charge is 0.378 e. The molecule has 1 fully saturated rings. The molecule has 1 aromatic carbocycles. The van der Waals surface area contributed by atoms with Crippen LogP contribution in [0.3, 0.4) is 0 Å². The Morgan fingerprint density at radius 3 is 2.45 bits per heavy atom. The fourth-order valence-corrected chi connectivity index (χ4v) is 2.37. The second kappa shape index (κ2) is 7.20. The zero-order valence-electron chi connectivity index (χ0n) is 11.9. The summed E-state index contributed by atoms with van der Waals surface area (Å²) in [6.45, 7) is 4.52. The Labute approximate surface area is 119 Å². The number of hydrogen-bond acceptors (Lipinski definition) is 3. The summed E-state index contributed by atoms with van der Waals surface area (Å²) in [6.07, 6.45) is 0.846. The molecular formula is C16H21NO3. The van der Waals surface area contributed by atoms with Gasteiger partial charge in [-0.15, -0.1) is 0 Å². The molecular weight excluding hydrogens is 254 g/mol. The lowest BCUT2D eigenvalue weighted by Crippen LogP contribution is -2.41. The fraction of sp³-hybridized carbons (Fsp3) is 0.500. The Kier molecular flexibility index (Phi) is 5.30. The minimum atomic E-state index is 0.0676. The zero-order chi connectivity index (χ0) is 14.4. The molecule has 4 nitrogen and oxygen atoms in total. The van der Waals surface area contributed by atoms with E-state index in [0.717, 1.165) is 5.56 Å². The first kappa shape index (κ1) is 14.7. The van der Waals surface area contributed by atoms with Gasteiger partial charge in [-0.05, 0) is 5.92 Å². The SMILES string of the molecule is CC(CC(=O)c1ccccc1)CC(=O)N1CCOCC1. The number of ketones is 1. The summed E-state index contributed by atoms with van der Waals surface area (Å²) in [5.74, 6) is 0.299. The third-order valence-corrected chi connectivity index (χ3v) is 3.52. The summed E-state index contributed by atoms with van der Waals surface area (Å²) in [5, 5.41) is 0. The van der Waals surface area contributed by atoms with Crippen LogP contribution in [0.15, 0.2) is 30.3 Å². The van der Waals surface area contributed by atoms with Crippen molar-refractivity contribution in [1.82, 2.24) is 4.90 Å². The number of carbonyl (C=O) groups excluding carboxylic acids is 2. The van der Waals surface area contributed by atoms with Gasteiger partial charge in [-0.25, -0.2) is 0 Å². The standard InChI is InChI=1S/C16H21NO3/c1-13(11-15(18)14-5-3-2-4-6-14)12-16(19)17-7-9-20-10-8-17/h2-6,13H,7-12H2,1H3. The quantitative estimate of drug-likeness (QED) is 0.773. The van der Waals surface area contributed by atoms with Crippen LogP contribution in [-0.4, -0.2) is 42.9 Å². The minimum absolute atomic E-state index is 0.0676. The van der Waals surface area contributed by atoms with Gasteiger partial charge in [-0.1, -0.05) is 37.3 Å². The van der Waals surface area contributed by atoms with Crippen molar-refractivity contribution in [3.63, 3.8) is 0 Å². The molecule has 1 aliphatic rings. The summed E-state index contributed by atoms with van der Waals surface area (Å²) in [6, 6.07) is 9.24. The van der Waals surface area contributed by atoms with Crippen LogP contribution >= 0.6 is 0 Å². The third-order valence-electron chi connectivity index (χ3n) is 3.52. The Morgan fingerprint density at radius 2 is 1.80 bits per heavy atom. The molecule has 0 bridgehead atoms. The van der Waals surface area contributed by atoms with Crippen molar-refractivity contribution in [2.45, 2.75) is 19.8 Å². The van der Waals surface area contributed by atoms with Crippen molar-refractivity contribution >= 4 is 11.7 Å². The topological polar surface area (TPSA) is 46.6 Å². The van der Waals surface area contributed by atoms with Crippen molar-refractivity contribution in [2.24, 2.45) is 5.92 Å². The van der Waals surface area contributed by atoms with E-state index in [1.807, 2.05) is 42.2 Å². The first-order chi connectivity index (χ1) is 9.66. The second-order valence-corrected chi connectivity index (χ2v) is 5.30. The van der Waals surface area contributed by atoms with Gasteiger partial charge in [-0.3, -0.25) is 9.59 Å². The monoisotopic (exact) mass is 275 g/mol. The molecule has 1 aromatic rings. The Morgan fingerprint density at radius 1 is 1.15 bits per heavy atom. The molecule has 0 aromatic heterocycles. The molecule has 1 unspecified atom stereocenters. The van der Waals surface area contributed by atoms with Crippen molar-refractivity contribution in [1.29, 1.82) is 0 Å². The van der Waals surface area contributed by atoms with E-state index in [1.54, 1.807) is 0 Å². The highest BCUT2D eigenvalue weighted by molar-refractivity contribution is 5.96. The van der Waals surface area contributed by atoms with E-state index in [-0.39, 0.29) is 17.6 Å². The smallest absolute Gasteiger partial charge is 0.223 e. The number of hydrogen-bond donors (Lipinski definition) is 0. The van der Waals surface area contributed by atoms with Gasteiger partial charge < -0.3 is 9.64 Å². The van der Waals surface area contributed by atoms with Crippen LogP contribution in [0.1, 0.15) is 30.1 Å². The van der Waals surface area contributed by atoms with Gasteiger partial charge in [0.05, 0.1) is 13.2 Å². The van der Waals surface area contributed by atoms with Crippen LogP contribution in [-0.2, 0) is 9.53 Å². The van der Waals surface area contributed by atoms with E-state index in [0.29, 0.717) is 39.1 Å².